The Labute approximate surface area is 175 Å². The minimum atomic E-state index is -0.617. The Kier molecular flexibility index (Phi) is 5.72. The molecule has 0 unspecified atom stereocenters. The molecule has 11 heteroatoms. The summed E-state index contributed by atoms with van der Waals surface area (Å²) in [4.78, 5) is 31.7. The van der Waals surface area contributed by atoms with Crippen LogP contribution >= 0.6 is 11.3 Å². The van der Waals surface area contributed by atoms with Crippen molar-refractivity contribution in [3.8, 4) is 5.69 Å². The lowest BCUT2D eigenvalue weighted by Gasteiger charge is -2.25. The molecular formula is C19H19FN6O3S. The van der Waals surface area contributed by atoms with Crippen LogP contribution in [0, 0.1) is 12.7 Å². The number of aryl methyl sites for hydroxylation is 1. The molecule has 156 valence electrons. The summed E-state index contributed by atoms with van der Waals surface area (Å²) < 4.78 is 20.5. The van der Waals surface area contributed by atoms with Crippen molar-refractivity contribution in [3.63, 3.8) is 0 Å². The van der Waals surface area contributed by atoms with Crippen LogP contribution in [0.3, 0.4) is 0 Å². The molecule has 0 bridgehead atoms. The van der Waals surface area contributed by atoms with Crippen LogP contribution in [0.4, 0.5) is 9.52 Å². The van der Waals surface area contributed by atoms with E-state index in [2.05, 4.69) is 25.8 Å². The summed E-state index contributed by atoms with van der Waals surface area (Å²) in [6, 6.07) is 7.52. The van der Waals surface area contributed by atoms with Crippen LogP contribution in [0.5, 0.6) is 0 Å². The SMILES string of the molecule is Cc1nc(N2CCOCC2)sc1C(=O)NNC(=O)c1ccn(-c2ccccc2F)n1. The average Bonchev–Trinajstić information content (AvgIpc) is 3.40. The fourth-order valence-corrected chi connectivity index (χ4v) is 3.95. The molecule has 1 fully saturated rings. The van der Waals surface area contributed by atoms with E-state index in [1.54, 1.807) is 25.1 Å². The summed E-state index contributed by atoms with van der Waals surface area (Å²) in [7, 11) is 0. The quantitative estimate of drug-likeness (QED) is 0.611. The molecule has 0 saturated carbocycles. The minimum absolute atomic E-state index is 0.0357. The summed E-state index contributed by atoms with van der Waals surface area (Å²) in [6.45, 7) is 4.42. The summed E-state index contributed by atoms with van der Waals surface area (Å²) in [5.41, 5.74) is 5.55. The second kappa shape index (κ2) is 8.59. The zero-order valence-electron chi connectivity index (χ0n) is 16.1. The van der Waals surface area contributed by atoms with E-state index in [0.29, 0.717) is 23.8 Å². The molecular weight excluding hydrogens is 411 g/mol. The molecule has 1 aliphatic heterocycles. The van der Waals surface area contributed by atoms with Gasteiger partial charge in [-0.15, -0.1) is 0 Å². The highest BCUT2D eigenvalue weighted by Crippen LogP contribution is 2.26. The number of thiazole rings is 1. The number of carbonyl (C=O) groups excluding carboxylic acids is 2. The molecule has 0 atom stereocenters. The van der Waals surface area contributed by atoms with Crippen molar-refractivity contribution < 1.29 is 18.7 Å². The van der Waals surface area contributed by atoms with Gasteiger partial charge in [-0.25, -0.2) is 14.1 Å². The molecule has 30 heavy (non-hydrogen) atoms. The van der Waals surface area contributed by atoms with Crippen molar-refractivity contribution in [1.82, 2.24) is 25.6 Å². The van der Waals surface area contributed by atoms with Gasteiger partial charge in [-0.05, 0) is 25.1 Å². The topological polar surface area (TPSA) is 101 Å². The highest BCUT2D eigenvalue weighted by atomic mass is 32.1. The van der Waals surface area contributed by atoms with E-state index in [-0.39, 0.29) is 11.4 Å². The van der Waals surface area contributed by atoms with Crippen LogP contribution in [0.1, 0.15) is 25.9 Å². The maximum absolute atomic E-state index is 13.9. The molecule has 2 aromatic heterocycles. The number of hydrazine groups is 1. The average molecular weight is 430 g/mol. The molecule has 1 aliphatic rings. The largest absolute Gasteiger partial charge is 0.378 e. The predicted octanol–water partition coefficient (Wildman–Crippen LogP) is 1.69. The molecule has 1 aromatic carbocycles. The van der Waals surface area contributed by atoms with Gasteiger partial charge in [0.05, 0.1) is 18.9 Å². The lowest BCUT2D eigenvalue weighted by atomic mass is 10.3. The second-order valence-corrected chi connectivity index (χ2v) is 7.49. The molecule has 1 saturated heterocycles. The number of amides is 2. The van der Waals surface area contributed by atoms with Crippen molar-refractivity contribution >= 4 is 28.3 Å². The zero-order valence-corrected chi connectivity index (χ0v) is 16.9. The van der Waals surface area contributed by atoms with E-state index in [1.807, 2.05) is 0 Å². The molecule has 2 amide bonds. The van der Waals surface area contributed by atoms with Gasteiger partial charge in [-0.2, -0.15) is 5.10 Å². The fraction of sp³-hybridized carbons (Fsp3) is 0.263. The van der Waals surface area contributed by atoms with Crippen molar-refractivity contribution in [2.45, 2.75) is 6.92 Å². The zero-order chi connectivity index (χ0) is 21.1. The van der Waals surface area contributed by atoms with E-state index in [0.717, 1.165) is 18.2 Å². The summed E-state index contributed by atoms with van der Waals surface area (Å²) >= 11 is 1.26. The molecule has 4 rings (SSSR count). The van der Waals surface area contributed by atoms with Gasteiger partial charge in [0, 0.05) is 19.3 Å². The van der Waals surface area contributed by atoms with Gasteiger partial charge in [0.15, 0.2) is 10.8 Å². The third-order valence-electron chi connectivity index (χ3n) is 4.48. The first-order valence-corrected chi connectivity index (χ1v) is 10.1. The number of nitrogens with one attached hydrogen (secondary N) is 2. The van der Waals surface area contributed by atoms with Gasteiger partial charge < -0.3 is 9.64 Å². The summed E-state index contributed by atoms with van der Waals surface area (Å²) in [5.74, 6) is -1.54. The van der Waals surface area contributed by atoms with E-state index >= 15 is 0 Å². The number of morpholine rings is 1. The summed E-state index contributed by atoms with van der Waals surface area (Å²) in [5, 5.41) is 4.81. The van der Waals surface area contributed by atoms with Gasteiger partial charge in [-0.1, -0.05) is 23.5 Å². The van der Waals surface area contributed by atoms with E-state index < -0.39 is 17.6 Å². The van der Waals surface area contributed by atoms with Crippen LogP contribution in [0.15, 0.2) is 36.5 Å². The molecule has 2 N–H and O–H groups in total. The van der Waals surface area contributed by atoms with Gasteiger partial charge in [-0.3, -0.25) is 20.4 Å². The number of nitrogens with zero attached hydrogens (tertiary/aromatic N) is 4. The number of aromatic nitrogens is 3. The van der Waals surface area contributed by atoms with Gasteiger partial charge >= 0.3 is 0 Å². The molecule has 0 aliphatic carbocycles. The maximum atomic E-state index is 13.9. The first-order valence-electron chi connectivity index (χ1n) is 9.24. The number of para-hydroxylation sites is 1. The van der Waals surface area contributed by atoms with Crippen LogP contribution in [0.2, 0.25) is 0 Å². The molecule has 3 heterocycles. The Bertz CT molecular complexity index is 1080. The number of halogens is 1. The number of rotatable bonds is 4. The molecule has 0 radical (unpaired) electrons. The predicted molar refractivity (Wildman–Crippen MR) is 108 cm³/mol. The Morgan fingerprint density at radius 2 is 1.87 bits per heavy atom. The maximum Gasteiger partial charge on any atom is 0.290 e. The first-order chi connectivity index (χ1) is 14.5. The third-order valence-corrected chi connectivity index (χ3v) is 5.70. The van der Waals surface area contributed by atoms with Crippen LogP contribution in [0.25, 0.3) is 5.69 Å². The number of carbonyl (C=O) groups is 2. The highest BCUT2D eigenvalue weighted by molar-refractivity contribution is 7.17. The number of ether oxygens (including phenoxy) is 1. The smallest absolute Gasteiger partial charge is 0.290 e. The monoisotopic (exact) mass is 430 g/mol. The van der Waals surface area contributed by atoms with Gasteiger partial charge in [0.25, 0.3) is 11.8 Å². The second-order valence-electron chi connectivity index (χ2n) is 6.52. The van der Waals surface area contributed by atoms with Crippen molar-refractivity contribution in [2.24, 2.45) is 0 Å². The van der Waals surface area contributed by atoms with Gasteiger partial charge in [0.1, 0.15) is 16.4 Å². The normalized spacial score (nSPS) is 13.9. The molecule has 9 nitrogen and oxygen atoms in total. The highest BCUT2D eigenvalue weighted by Gasteiger charge is 2.21. The standard InChI is InChI=1S/C19H19FN6O3S/c1-12-16(30-19(21-12)25-8-10-29-11-9-25)18(28)23-22-17(27)14-6-7-26(24-14)15-5-3-2-4-13(15)20/h2-7H,8-11H2,1H3,(H,22,27)(H,23,28). The summed E-state index contributed by atoms with van der Waals surface area (Å²) in [6.07, 6.45) is 1.47. The van der Waals surface area contributed by atoms with Crippen LogP contribution in [-0.4, -0.2) is 52.9 Å². The molecule has 0 spiro atoms. The first kappa shape index (κ1) is 20.0. The Hall–Kier alpha value is -3.31. The molecule has 3 aromatic rings. The van der Waals surface area contributed by atoms with Crippen molar-refractivity contribution in [2.75, 3.05) is 31.2 Å². The van der Waals surface area contributed by atoms with Crippen molar-refractivity contribution in [3.05, 3.63) is 58.6 Å². The number of hydrogen-bond acceptors (Lipinski definition) is 7. The van der Waals surface area contributed by atoms with Crippen molar-refractivity contribution in [1.29, 1.82) is 0 Å². The Balaban J connectivity index is 1.39. The van der Waals surface area contributed by atoms with E-state index in [9.17, 15) is 14.0 Å². The van der Waals surface area contributed by atoms with Crippen LogP contribution < -0.4 is 15.8 Å². The number of anilines is 1. The van der Waals surface area contributed by atoms with E-state index in [4.69, 9.17) is 4.74 Å². The number of hydrogen-bond donors (Lipinski definition) is 2. The Morgan fingerprint density at radius 3 is 2.63 bits per heavy atom. The van der Waals surface area contributed by atoms with Crippen LogP contribution in [-0.2, 0) is 4.74 Å². The number of benzene rings is 1. The fourth-order valence-electron chi connectivity index (χ4n) is 2.93. The minimum Gasteiger partial charge on any atom is -0.378 e. The lowest BCUT2D eigenvalue weighted by Crippen LogP contribution is -2.41. The lowest BCUT2D eigenvalue weighted by molar-refractivity contribution is 0.0845. The third kappa shape index (κ3) is 4.16. The van der Waals surface area contributed by atoms with Gasteiger partial charge in [0.2, 0.25) is 0 Å². The van der Waals surface area contributed by atoms with E-state index in [1.165, 1.54) is 34.3 Å². The Morgan fingerprint density at radius 1 is 1.13 bits per heavy atom.